The van der Waals surface area contributed by atoms with Crippen LogP contribution in [-0.2, 0) is 19.5 Å². The van der Waals surface area contributed by atoms with Gasteiger partial charge in [-0.05, 0) is 0 Å². The standard InChI is InChI=1S/C6H7.C5H5.Zn/c1-6-4-2-3-5-6;1-2-4-5-3-1;/h2-5H,1H3;1-5H;/q2*-1;+2. The molecule has 0 unspecified atom stereocenters. The monoisotopic (exact) mass is 208 g/mol. The van der Waals surface area contributed by atoms with E-state index in [-0.39, 0.29) is 19.5 Å². The van der Waals surface area contributed by atoms with Crippen LogP contribution in [0.4, 0.5) is 0 Å². The molecule has 2 aromatic carbocycles. The van der Waals surface area contributed by atoms with E-state index < -0.39 is 0 Å². The number of aryl methyl sites for hydroxylation is 1. The van der Waals surface area contributed by atoms with Crippen molar-refractivity contribution < 1.29 is 19.5 Å². The zero-order chi connectivity index (χ0) is 7.94. The summed E-state index contributed by atoms with van der Waals surface area (Å²) in [5.41, 5.74) is 1.34. The van der Waals surface area contributed by atoms with Crippen molar-refractivity contribution in [2.45, 2.75) is 6.92 Å². The second-order valence-electron chi connectivity index (χ2n) is 2.42. The first-order chi connectivity index (χ1) is 5.39. The van der Waals surface area contributed by atoms with Gasteiger partial charge in [0.05, 0.1) is 0 Å². The molecule has 0 aromatic heterocycles. The largest absolute Gasteiger partial charge is 2.00 e. The molecule has 2 aromatic rings. The third-order valence-electron chi connectivity index (χ3n) is 1.38. The van der Waals surface area contributed by atoms with Crippen molar-refractivity contribution in [2.24, 2.45) is 0 Å². The van der Waals surface area contributed by atoms with Gasteiger partial charge in [-0.1, -0.05) is 6.92 Å². The molecule has 2 rings (SSSR count). The first-order valence-electron chi connectivity index (χ1n) is 3.74. The number of hydrogen-bond donors (Lipinski definition) is 0. The SMILES string of the molecule is C[c-]1cccc1.[Zn+2].c1cc[cH-]c1. The zero-order valence-corrected chi connectivity index (χ0v) is 10.4. The number of hydrogen-bond acceptors (Lipinski definition) is 0. The normalized spacial score (nSPS) is 7.75. The van der Waals surface area contributed by atoms with E-state index in [1.807, 2.05) is 42.5 Å². The van der Waals surface area contributed by atoms with Gasteiger partial charge < -0.3 is 0 Å². The van der Waals surface area contributed by atoms with Crippen LogP contribution in [0.2, 0.25) is 0 Å². The molecule has 0 spiro atoms. The van der Waals surface area contributed by atoms with Gasteiger partial charge in [0.15, 0.2) is 0 Å². The predicted molar refractivity (Wildman–Crippen MR) is 48.8 cm³/mol. The summed E-state index contributed by atoms with van der Waals surface area (Å²) in [6, 6.07) is 18.2. The maximum absolute atomic E-state index is 2.08. The average Bonchev–Trinajstić information content (AvgIpc) is 2.57. The van der Waals surface area contributed by atoms with Gasteiger partial charge in [-0.15, -0.1) is 0 Å². The van der Waals surface area contributed by atoms with Crippen LogP contribution < -0.4 is 0 Å². The van der Waals surface area contributed by atoms with Gasteiger partial charge in [0.2, 0.25) is 0 Å². The van der Waals surface area contributed by atoms with Gasteiger partial charge in [-0.25, -0.2) is 24.3 Å². The molecule has 0 saturated heterocycles. The molecule has 58 valence electrons. The van der Waals surface area contributed by atoms with Crippen molar-refractivity contribution in [2.75, 3.05) is 0 Å². The second kappa shape index (κ2) is 7.00. The van der Waals surface area contributed by atoms with E-state index in [2.05, 4.69) is 19.1 Å². The molecule has 0 aliphatic heterocycles. The fraction of sp³-hybridized carbons (Fsp3) is 0.0909. The van der Waals surface area contributed by atoms with Crippen LogP contribution in [0.3, 0.4) is 0 Å². The van der Waals surface area contributed by atoms with E-state index in [1.165, 1.54) is 5.56 Å². The first-order valence-corrected chi connectivity index (χ1v) is 3.74. The minimum atomic E-state index is 0. The Morgan fingerprint density at radius 3 is 1.58 bits per heavy atom. The van der Waals surface area contributed by atoms with Gasteiger partial charge in [0.25, 0.3) is 0 Å². The molecule has 0 nitrogen and oxygen atoms in total. The fourth-order valence-electron chi connectivity index (χ4n) is 0.791. The third-order valence-corrected chi connectivity index (χ3v) is 1.38. The molecule has 1 heteroatoms. The van der Waals surface area contributed by atoms with Gasteiger partial charge in [-0.2, -0.15) is 35.9 Å². The molecule has 0 aliphatic rings. The quantitative estimate of drug-likeness (QED) is 0.462. The van der Waals surface area contributed by atoms with E-state index in [0.29, 0.717) is 0 Å². The summed E-state index contributed by atoms with van der Waals surface area (Å²) in [5.74, 6) is 0. The first kappa shape index (κ1) is 11.3. The van der Waals surface area contributed by atoms with Crippen LogP contribution in [-0.4, -0.2) is 0 Å². The van der Waals surface area contributed by atoms with Crippen molar-refractivity contribution >= 4 is 0 Å². The molecule has 0 atom stereocenters. The second-order valence-corrected chi connectivity index (χ2v) is 2.42. The molecule has 0 saturated carbocycles. The Hall–Kier alpha value is -0.677. The molecule has 0 bridgehead atoms. The van der Waals surface area contributed by atoms with Gasteiger partial charge in [0, 0.05) is 0 Å². The van der Waals surface area contributed by atoms with Crippen LogP contribution in [0.15, 0.2) is 54.6 Å². The van der Waals surface area contributed by atoms with E-state index in [1.54, 1.807) is 0 Å². The topological polar surface area (TPSA) is 0 Å². The summed E-state index contributed by atoms with van der Waals surface area (Å²) < 4.78 is 0. The molecule has 0 N–H and O–H groups in total. The maximum Gasteiger partial charge on any atom is 2.00 e. The Bertz CT molecular complexity index is 223. The van der Waals surface area contributed by atoms with Crippen LogP contribution in [0.25, 0.3) is 0 Å². The van der Waals surface area contributed by atoms with Crippen molar-refractivity contribution in [3.8, 4) is 0 Å². The van der Waals surface area contributed by atoms with Crippen LogP contribution >= 0.6 is 0 Å². The molecule has 0 heterocycles. The molecule has 0 fully saturated rings. The Kier molecular flexibility index (Phi) is 6.60. The fourth-order valence-corrected chi connectivity index (χ4v) is 0.791. The van der Waals surface area contributed by atoms with Crippen molar-refractivity contribution in [1.29, 1.82) is 0 Å². The Balaban J connectivity index is 0.000000189. The molecule has 12 heavy (non-hydrogen) atoms. The van der Waals surface area contributed by atoms with Crippen LogP contribution in [0, 0.1) is 6.92 Å². The van der Waals surface area contributed by atoms with Crippen molar-refractivity contribution in [3.05, 3.63) is 60.2 Å². The Morgan fingerprint density at radius 2 is 1.42 bits per heavy atom. The minimum absolute atomic E-state index is 0. The van der Waals surface area contributed by atoms with E-state index in [4.69, 9.17) is 0 Å². The Labute approximate surface area is 86.7 Å². The van der Waals surface area contributed by atoms with Crippen LogP contribution in [0.1, 0.15) is 5.56 Å². The van der Waals surface area contributed by atoms with Gasteiger partial charge in [-0.3, -0.25) is 0 Å². The minimum Gasteiger partial charge on any atom is -0.214 e. The van der Waals surface area contributed by atoms with Crippen molar-refractivity contribution in [1.82, 2.24) is 0 Å². The summed E-state index contributed by atoms with van der Waals surface area (Å²) in [5, 5.41) is 0. The van der Waals surface area contributed by atoms with E-state index >= 15 is 0 Å². The smallest absolute Gasteiger partial charge is 0.214 e. The molecular formula is C11H12Zn. The third kappa shape index (κ3) is 5.04. The molecule has 0 amide bonds. The van der Waals surface area contributed by atoms with Gasteiger partial charge in [0.1, 0.15) is 0 Å². The van der Waals surface area contributed by atoms with Gasteiger partial charge >= 0.3 is 19.5 Å². The Morgan fingerprint density at radius 1 is 0.917 bits per heavy atom. The molecule has 0 radical (unpaired) electrons. The summed E-state index contributed by atoms with van der Waals surface area (Å²) >= 11 is 0. The molecule has 0 aliphatic carbocycles. The zero-order valence-electron chi connectivity index (χ0n) is 7.40. The van der Waals surface area contributed by atoms with Crippen molar-refractivity contribution in [3.63, 3.8) is 0 Å². The molecular weight excluding hydrogens is 198 g/mol. The summed E-state index contributed by atoms with van der Waals surface area (Å²) in [6.07, 6.45) is 0. The summed E-state index contributed by atoms with van der Waals surface area (Å²) in [7, 11) is 0. The van der Waals surface area contributed by atoms with Crippen LogP contribution in [0.5, 0.6) is 0 Å². The summed E-state index contributed by atoms with van der Waals surface area (Å²) in [6.45, 7) is 2.08. The summed E-state index contributed by atoms with van der Waals surface area (Å²) in [4.78, 5) is 0. The maximum atomic E-state index is 2.08. The average molecular weight is 210 g/mol. The number of rotatable bonds is 0. The predicted octanol–water partition coefficient (Wildman–Crippen LogP) is 3.12. The van der Waals surface area contributed by atoms with E-state index in [9.17, 15) is 0 Å². The van der Waals surface area contributed by atoms with E-state index in [0.717, 1.165) is 0 Å².